The second-order valence-electron chi connectivity index (χ2n) is 3.11. The quantitative estimate of drug-likeness (QED) is 0.667. The third kappa shape index (κ3) is 1.62. The van der Waals surface area contributed by atoms with Gasteiger partial charge in [-0.25, -0.2) is 4.39 Å². The lowest BCUT2D eigenvalue weighted by Gasteiger charge is -1.99. The van der Waals surface area contributed by atoms with Crippen molar-refractivity contribution in [2.75, 3.05) is 0 Å². The zero-order valence-electron chi connectivity index (χ0n) is 7.40. The van der Waals surface area contributed by atoms with Gasteiger partial charge in [-0.2, -0.15) is 4.91 Å². The highest BCUT2D eigenvalue weighted by molar-refractivity contribution is 5.83. The molecule has 0 bridgehead atoms. The Labute approximate surface area is 80.3 Å². The van der Waals surface area contributed by atoms with E-state index in [2.05, 4.69) is 5.18 Å². The summed E-state index contributed by atoms with van der Waals surface area (Å²) in [5, 5.41) is 4.56. The van der Waals surface area contributed by atoms with Crippen LogP contribution in [-0.4, -0.2) is 0 Å². The van der Waals surface area contributed by atoms with Gasteiger partial charge < -0.3 is 0 Å². The van der Waals surface area contributed by atoms with Gasteiger partial charge in [-0.15, -0.1) is 0 Å². The maximum Gasteiger partial charge on any atom is 0.123 e. The van der Waals surface area contributed by atoms with E-state index in [1.165, 1.54) is 12.1 Å². The second-order valence-corrected chi connectivity index (χ2v) is 3.11. The van der Waals surface area contributed by atoms with Crippen LogP contribution < -0.4 is 0 Å². The van der Waals surface area contributed by atoms with Crippen LogP contribution in [0.3, 0.4) is 0 Å². The van der Waals surface area contributed by atoms with E-state index < -0.39 is 0 Å². The molecule has 0 fully saturated rings. The minimum atomic E-state index is -0.251. The van der Waals surface area contributed by atoms with Crippen molar-refractivity contribution in [3.63, 3.8) is 0 Å². The maximum atomic E-state index is 12.8. The highest BCUT2D eigenvalue weighted by Gasteiger charge is 1.97. The van der Waals surface area contributed by atoms with Gasteiger partial charge in [0.25, 0.3) is 0 Å². The Morgan fingerprint density at radius 3 is 2.57 bits per heavy atom. The van der Waals surface area contributed by atoms with Gasteiger partial charge in [0.15, 0.2) is 0 Å². The molecule has 0 unspecified atom stereocenters. The molecule has 0 amide bonds. The summed E-state index contributed by atoms with van der Waals surface area (Å²) in [6, 6.07) is 9.98. The van der Waals surface area contributed by atoms with Gasteiger partial charge in [-0.05, 0) is 34.5 Å². The summed E-state index contributed by atoms with van der Waals surface area (Å²) in [7, 11) is 0. The van der Waals surface area contributed by atoms with Crippen LogP contribution in [0.5, 0.6) is 0 Å². The number of fused-ring (bicyclic) bond motifs is 1. The third-order valence-electron chi connectivity index (χ3n) is 2.11. The molecule has 70 valence electrons. The van der Waals surface area contributed by atoms with Crippen LogP contribution in [0.25, 0.3) is 10.8 Å². The smallest absolute Gasteiger partial charge is 0.123 e. The normalized spacial score (nSPS) is 10.4. The summed E-state index contributed by atoms with van der Waals surface area (Å²) in [4.78, 5) is 10.1. The van der Waals surface area contributed by atoms with Crippen LogP contribution >= 0.6 is 0 Å². The van der Waals surface area contributed by atoms with E-state index in [-0.39, 0.29) is 12.4 Å². The van der Waals surface area contributed by atoms with E-state index >= 15 is 0 Å². The van der Waals surface area contributed by atoms with E-state index in [4.69, 9.17) is 0 Å². The van der Waals surface area contributed by atoms with E-state index in [0.717, 1.165) is 16.3 Å². The minimum absolute atomic E-state index is 0.160. The Morgan fingerprint density at radius 1 is 1.07 bits per heavy atom. The summed E-state index contributed by atoms with van der Waals surface area (Å²) in [5.41, 5.74) is 0.846. The zero-order valence-corrected chi connectivity index (χ0v) is 7.40. The molecule has 0 atom stereocenters. The number of benzene rings is 2. The Balaban J connectivity index is 2.55. The number of hydrogen-bond donors (Lipinski definition) is 0. The number of nitroso groups, excluding NO2 is 1. The van der Waals surface area contributed by atoms with E-state index in [0.29, 0.717) is 0 Å². The zero-order chi connectivity index (χ0) is 9.97. The molecular formula is C11H8FNO. The summed E-state index contributed by atoms with van der Waals surface area (Å²) < 4.78 is 12.8. The molecule has 3 heteroatoms. The first-order valence-corrected chi connectivity index (χ1v) is 4.27. The second kappa shape index (κ2) is 3.54. The molecule has 2 nitrogen and oxygen atoms in total. The van der Waals surface area contributed by atoms with Crippen LogP contribution in [0, 0.1) is 10.7 Å². The fourth-order valence-electron chi connectivity index (χ4n) is 1.44. The SMILES string of the molecule is O=NCc1ccc2cc(F)ccc2c1. The molecule has 0 spiro atoms. The molecule has 0 saturated heterocycles. The molecule has 2 aromatic carbocycles. The van der Waals surface area contributed by atoms with E-state index in [1.54, 1.807) is 18.2 Å². The largest absolute Gasteiger partial charge is 0.207 e. The molecule has 0 radical (unpaired) electrons. The fraction of sp³-hybridized carbons (Fsp3) is 0.0909. The van der Waals surface area contributed by atoms with Crippen molar-refractivity contribution in [1.82, 2.24) is 0 Å². The Morgan fingerprint density at radius 2 is 1.79 bits per heavy atom. The first-order valence-electron chi connectivity index (χ1n) is 4.27. The number of rotatable bonds is 2. The van der Waals surface area contributed by atoms with Crippen molar-refractivity contribution in [3.8, 4) is 0 Å². The first kappa shape index (κ1) is 8.81. The molecule has 0 heterocycles. The highest BCUT2D eigenvalue weighted by atomic mass is 19.1. The van der Waals surface area contributed by atoms with Crippen LogP contribution in [0.4, 0.5) is 4.39 Å². The fourth-order valence-corrected chi connectivity index (χ4v) is 1.44. The predicted molar refractivity (Wildman–Crippen MR) is 53.4 cm³/mol. The van der Waals surface area contributed by atoms with Crippen LogP contribution in [-0.2, 0) is 6.54 Å². The maximum absolute atomic E-state index is 12.8. The van der Waals surface area contributed by atoms with Crippen molar-refractivity contribution < 1.29 is 4.39 Å². The molecule has 0 aliphatic rings. The average molecular weight is 189 g/mol. The number of hydrogen-bond acceptors (Lipinski definition) is 2. The van der Waals surface area contributed by atoms with Crippen molar-refractivity contribution in [2.45, 2.75) is 6.54 Å². The highest BCUT2D eigenvalue weighted by Crippen LogP contribution is 2.17. The Bertz CT molecular complexity index is 482. The lowest BCUT2D eigenvalue weighted by molar-refractivity contribution is 0.630. The van der Waals surface area contributed by atoms with Crippen molar-refractivity contribution in [2.24, 2.45) is 5.18 Å². The topological polar surface area (TPSA) is 29.4 Å². The Kier molecular flexibility index (Phi) is 2.23. The van der Waals surface area contributed by atoms with Crippen LogP contribution in [0.1, 0.15) is 5.56 Å². The molecule has 14 heavy (non-hydrogen) atoms. The van der Waals surface area contributed by atoms with Gasteiger partial charge in [0.2, 0.25) is 0 Å². The van der Waals surface area contributed by atoms with Crippen molar-refractivity contribution in [1.29, 1.82) is 0 Å². The average Bonchev–Trinajstić information content (AvgIpc) is 2.19. The molecule has 0 saturated carbocycles. The first-order chi connectivity index (χ1) is 6.79. The summed E-state index contributed by atoms with van der Waals surface area (Å²) in [6.07, 6.45) is 0. The lowest BCUT2D eigenvalue weighted by atomic mass is 10.1. The Hall–Kier alpha value is -1.77. The summed E-state index contributed by atoms with van der Waals surface area (Å²) >= 11 is 0. The molecule has 2 rings (SSSR count). The van der Waals surface area contributed by atoms with E-state index in [1.807, 2.05) is 6.07 Å². The molecule has 2 aromatic rings. The van der Waals surface area contributed by atoms with Crippen LogP contribution in [0.15, 0.2) is 41.6 Å². The molecule has 0 aliphatic carbocycles. The third-order valence-corrected chi connectivity index (χ3v) is 2.11. The standard InChI is InChI=1S/C11H8FNO/c12-11-4-3-9-5-8(7-13-14)1-2-10(9)6-11/h1-6H,7H2. The minimum Gasteiger partial charge on any atom is -0.207 e. The van der Waals surface area contributed by atoms with Gasteiger partial charge in [0.1, 0.15) is 12.4 Å². The summed E-state index contributed by atoms with van der Waals surface area (Å²) in [6.45, 7) is 0.160. The van der Waals surface area contributed by atoms with Crippen LogP contribution in [0.2, 0.25) is 0 Å². The molecule has 0 aromatic heterocycles. The van der Waals surface area contributed by atoms with Gasteiger partial charge in [-0.3, -0.25) is 0 Å². The van der Waals surface area contributed by atoms with Crippen molar-refractivity contribution >= 4 is 10.8 Å². The van der Waals surface area contributed by atoms with Gasteiger partial charge in [-0.1, -0.05) is 23.4 Å². The molecule has 0 N–H and O–H groups in total. The van der Waals surface area contributed by atoms with Gasteiger partial charge in [0, 0.05) is 0 Å². The predicted octanol–water partition coefficient (Wildman–Crippen LogP) is 3.25. The number of halogens is 1. The van der Waals surface area contributed by atoms with Gasteiger partial charge >= 0.3 is 0 Å². The van der Waals surface area contributed by atoms with Gasteiger partial charge in [0.05, 0.1) is 0 Å². The number of nitrogens with zero attached hydrogens (tertiary/aromatic N) is 1. The summed E-state index contributed by atoms with van der Waals surface area (Å²) in [5.74, 6) is -0.251. The molecular weight excluding hydrogens is 181 g/mol. The lowest BCUT2D eigenvalue weighted by Crippen LogP contribution is -1.82. The van der Waals surface area contributed by atoms with Crippen molar-refractivity contribution in [3.05, 3.63) is 52.7 Å². The van der Waals surface area contributed by atoms with E-state index in [9.17, 15) is 9.30 Å². The molecule has 0 aliphatic heterocycles. The monoisotopic (exact) mass is 189 g/mol.